The molecule has 0 aliphatic carbocycles. The summed E-state index contributed by atoms with van der Waals surface area (Å²) < 4.78 is 0. The summed E-state index contributed by atoms with van der Waals surface area (Å²) in [5.74, 6) is 3.96. The second-order valence-electron chi connectivity index (χ2n) is 8.36. The van der Waals surface area contributed by atoms with Crippen molar-refractivity contribution in [3.63, 3.8) is 0 Å². The molecular weight excluding hydrogens is 372 g/mol. The maximum Gasteiger partial charge on any atom is 0.303 e. The van der Waals surface area contributed by atoms with E-state index in [0.717, 1.165) is 35.2 Å². The van der Waals surface area contributed by atoms with Crippen molar-refractivity contribution in [1.82, 2.24) is 0 Å². The van der Waals surface area contributed by atoms with Crippen LogP contribution >= 0.6 is 23.5 Å². The van der Waals surface area contributed by atoms with Crippen LogP contribution in [0.4, 0.5) is 0 Å². The summed E-state index contributed by atoms with van der Waals surface area (Å²) in [5, 5.41) is 10.6. The van der Waals surface area contributed by atoms with E-state index in [-0.39, 0.29) is 0 Å². The highest BCUT2D eigenvalue weighted by Crippen LogP contribution is 2.56. The van der Waals surface area contributed by atoms with E-state index >= 15 is 0 Å². The zero-order valence-electron chi connectivity index (χ0n) is 17.1. The Morgan fingerprint density at radius 2 is 1.52 bits per heavy atom. The molecule has 0 spiro atoms. The molecule has 2 aliphatic heterocycles. The van der Waals surface area contributed by atoms with Gasteiger partial charge in [0, 0.05) is 16.9 Å². The number of carboxylic acids is 1. The molecule has 2 heterocycles. The molecule has 2 fully saturated rings. The van der Waals surface area contributed by atoms with Gasteiger partial charge in [-0.15, -0.1) is 6.58 Å². The monoisotopic (exact) mass is 412 g/mol. The standard InChI is InChI=1S/C23H40O2S2/c1-2-3-4-10-17-26-18-11-9-13-20-19(21-15-16-22(20)27-21)12-7-5-6-8-14-23(24)25/h2,19-22H,1,3-18H2,(H,24,25)/t19-,20+,21-,22+/m1/s1. The maximum absolute atomic E-state index is 10.6. The van der Waals surface area contributed by atoms with Crippen LogP contribution in [0.25, 0.3) is 0 Å². The molecule has 0 amide bonds. The van der Waals surface area contributed by atoms with Crippen LogP contribution in [0, 0.1) is 11.8 Å². The lowest BCUT2D eigenvalue weighted by molar-refractivity contribution is -0.137. The van der Waals surface area contributed by atoms with Crippen LogP contribution in [0.5, 0.6) is 0 Å². The van der Waals surface area contributed by atoms with Crippen molar-refractivity contribution < 1.29 is 9.90 Å². The number of unbranched alkanes of at least 4 members (excludes halogenated alkanes) is 6. The van der Waals surface area contributed by atoms with Gasteiger partial charge in [-0.2, -0.15) is 23.5 Å². The van der Waals surface area contributed by atoms with E-state index in [0.29, 0.717) is 6.42 Å². The van der Waals surface area contributed by atoms with E-state index in [1.165, 1.54) is 82.1 Å². The van der Waals surface area contributed by atoms with Crippen molar-refractivity contribution in [2.24, 2.45) is 11.8 Å². The molecule has 2 saturated heterocycles. The average molecular weight is 413 g/mol. The molecule has 0 aromatic heterocycles. The largest absolute Gasteiger partial charge is 0.481 e. The van der Waals surface area contributed by atoms with Gasteiger partial charge in [-0.1, -0.05) is 31.8 Å². The Bertz CT molecular complexity index is 427. The molecular formula is C23H40O2S2. The van der Waals surface area contributed by atoms with Gasteiger partial charge in [-0.25, -0.2) is 0 Å². The number of carbonyl (C=O) groups is 1. The Hall–Kier alpha value is -0.0900. The van der Waals surface area contributed by atoms with Crippen LogP contribution in [-0.2, 0) is 4.79 Å². The van der Waals surface area contributed by atoms with Gasteiger partial charge in [0.15, 0.2) is 0 Å². The van der Waals surface area contributed by atoms with Gasteiger partial charge >= 0.3 is 5.97 Å². The van der Waals surface area contributed by atoms with Crippen LogP contribution in [0.1, 0.15) is 89.9 Å². The molecule has 27 heavy (non-hydrogen) atoms. The van der Waals surface area contributed by atoms with E-state index in [1.54, 1.807) is 0 Å². The fraction of sp³-hybridized carbons (Fsp3) is 0.870. The Morgan fingerprint density at radius 3 is 2.15 bits per heavy atom. The number of allylic oxidation sites excluding steroid dienone is 1. The van der Waals surface area contributed by atoms with Crippen LogP contribution in [0.3, 0.4) is 0 Å². The van der Waals surface area contributed by atoms with Crippen molar-refractivity contribution in [2.45, 2.75) is 100 Å². The van der Waals surface area contributed by atoms with Gasteiger partial charge in [0.05, 0.1) is 0 Å². The van der Waals surface area contributed by atoms with E-state index < -0.39 is 5.97 Å². The summed E-state index contributed by atoms with van der Waals surface area (Å²) in [6, 6.07) is 0. The summed E-state index contributed by atoms with van der Waals surface area (Å²) in [6.07, 6.45) is 19.3. The van der Waals surface area contributed by atoms with E-state index in [2.05, 4.69) is 30.1 Å². The van der Waals surface area contributed by atoms with Crippen LogP contribution in [0.2, 0.25) is 0 Å². The predicted molar refractivity (Wildman–Crippen MR) is 122 cm³/mol. The summed E-state index contributed by atoms with van der Waals surface area (Å²) in [5.41, 5.74) is 0. The molecule has 0 unspecified atom stereocenters. The van der Waals surface area contributed by atoms with Crippen LogP contribution in [-0.4, -0.2) is 33.1 Å². The van der Waals surface area contributed by atoms with Crippen molar-refractivity contribution in [3.8, 4) is 0 Å². The van der Waals surface area contributed by atoms with Crippen molar-refractivity contribution >= 4 is 29.5 Å². The molecule has 0 aromatic rings. The van der Waals surface area contributed by atoms with Crippen LogP contribution in [0.15, 0.2) is 12.7 Å². The summed E-state index contributed by atoms with van der Waals surface area (Å²) >= 11 is 4.45. The number of thioether (sulfide) groups is 2. The Labute approximate surface area is 175 Å². The van der Waals surface area contributed by atoms with Gasteiger partial charge in [-0.05, 0) is 81.1 Å². The number of carboxylic acid groups (broad SMARTS) is 1. The third-order valence-electron chi connectivity index (χ3n) is 6.29. The summed E-state index contributed by atoms with van der Waals surface area (Å²) in [4.78, 5) is 10.6. The lowest BCUT2D eigenvalue weighted by Gasteiger charge is -2.30. The quantitative estimate of drug-likeness (QED) is 0.203. The Morgan fingerprint density at radius 1 is 0.926 bits per heavy atom. The third kappa shape index (κ3) is 8.85. The number of hydrogen-bond donors (Lipinski definition) is 1. The van der Waals surface area contributed by atoms with Gasteiger partial charge in [0.25, 0.3) is 0 Å². The molecule has 156 valence electrons. The first-order chi connectivity index (χ1) is 13.2. The molecule has 1 N–H and O–H groups in total. The van der Waals surface area contributed by atoms with E-state index in [1.807, 2.05) is 6.08 Å². The molecule has 4 heteroatoms. The first-order valence-corrected chi connectivity index (χ1v) is 13.4. The minimum atomic E-state index is -0.644. The van der Waals surface area contributed by atoms with E-state index in [4.69, 9.17) is 5.11 Å². The van der Waals surface area contributed by atoms with Gasteiger partial charge in [0.1, 0.15) is 0 Å². The van der Waals surface area contributed by atoms with Gasteiger partial charge in [0.2, 0.25) is 0 Å². The number of rotatable bonds is 17. The minimum absolute atomic E-state index is 0.346. The fourth-order valence-electron chi connectivity index (χ4n) is 4.86. The molecule has 2 rings (SSSR count). The van der Waals surface area contributed by atoms with Crippen molar-refractivity contribution in [3.05, 3.63) is 12.7 Å². The number of fused-ring (bicyclic) bond motifs is 2. The number of hydrogen-bond acceptors (Lipinski definition) is 3. The molecule has 2 bridgehead atoms. The topological polar surface area (TPSA) is 37.3 Å². The highest BCUT2D eigenvalue weighted by Gasteiger charge is 2.46. The highest BCUT2D eigenvalue weighted by molar-refractivity contribution is 8.01. The zero-order chi connectivity index (χ0) is 19.3. The van der Waals surface area contributed by atoms with Crippen molar-refractivity contribution in [2.75, 3.05) is 11.5 Å². The summed E-state index contributed by atoms with van der Waals surface area (Å²) in [7, 11) is 0. The number of aliphatic carboxylic acids is 1. The van der Waals surface area contributed by atoms with E-state index in [9.17, 15) is 4.79 Å². The average Bonchev–Trinajstić information content (AvgIpc) is 3.25. The lowest BCUT2D eigenvalue weighted by Crippen LogP contribution is -2.27. The molecule has 2 aliphatic rings. The minimum Gasteiger partial charge on any atom is -0.481 e. The smallest absolute Gasteiger partial charge is 0.303 e. The van der Waals surface area contributed by atoms with Crippen molar-refractivity contribution in [1.29, 1.82) is 0 Å². The third-order valence-corrected chi connectivity index (χ3v) is 9.32. The fourth-order valence-corrected chi connectivity index (χ4v) is 7.95. The normalized spacial score (nSPS) is 26.5. The molecule has 2 nitrogen and oxygen atoms in total. The first-order valence-electron chi connectivity index (χ1n) is 11.3. The first kappa shape index (κ1) is 23.2. The second-order valence-corrected chi connectivity index (χ2v) is 11.1. The molecule has 0 radical (unpaired) electrons. The Balaban J connectivity index is 1.53. The SMILES string of the molecule is C=CCCCCSCCCC[C@H]1[C@@H](CCCCCCC(=O)O)[C@H]2CC[C@@H]1S2. The molecule has 0 saturated carbocycles. The zero-order valence-corrected chi connectivity index (χ0v) is 18.7. The second kappa shape index (κ2) is 14.0. The lowest BCUT2D eigenvalue weighted by atomic mass is 9.74. The molecule has 4 atom stereocenters. The molecule has 0 aromatic carbocycles. The Kier molecular flexibility index (Phi) is 12.0. The highest BCUT2D eigenvalue weighted by atomic mass is 32.2. The summed E-state index contributed by atoms with van der Waals surface area (Å²) in [6.45, 7) is 3.79. The maximum atomic E-state index is 10.6. The van der Waals surface area contributed by atoms with Crippen LogP contribution < -0.4 is 0 Å². The van der Waals surface area contributed by atoms with Gasteiger partial charge in [-0.3, -0.25) is 4.79 Å². The van der Waals surface area contributed by atoms with Gasteiger partial charge < -0.3 is 5.11 Å². The predicted octanol–water partition coefficient (Wildman–Crippen LogP) is 7.18.